The molecule has 3 aliphatic carbocycles. The fourth-order valence-electron chi connectivity index (χ4n) is 4.53. The van der Waals surface area contributed by atoms with Gasteiger partial charge in [-0.1, -0.05) is 0 Å². The molecule has 1 saturated heterocycles. The van der Waals surface area contributed by atoms with Gasteiger partial charge in [-0.2, -0.15) is 0 Å². The molecule has 0 bridgehead atoms. The molecule has 29 heavy (non-hydrogen) atoms. The Kier molecular flexibility index (Phi) is 5.10. The Hall–Kier alpha value is -1.89. The zero-order valence-electron chi connectivity index (χ0n) is 16.8. The van der Waals surface area contributed by atoms with Crippen LogP contribution in [0.4, 0.5) is 5.00 Å². The van der Waals surface area contributed by atoms with Crippen LogP contribution in [0.3, 0.4) is 0 Å². The number of hydrogen-bond donors (Lipinski definition) is 2. The van der Waals surface area contributed by atoms with Crippen LogP contribution in [-0.2, 0) is 22.4 Å². The standard InChI is InChI=1S/C22H29N3O3S/c26-19(14-5-6-14)24-21-18(20(27)23-12-13-3-4-13)16-11-15(7-8-17(16)29-21)22(28)25-9-1-2-10-25/h13-15H,1-12H2,(H,23,27)(H,24,26). The molecule has 3 amide bonds. The summed E-state index contributed by atoms with van der Waals surface area (Å²) in [5.41, 5.74) is 1.62. The molecule has 7 heteroatoms. The minimum absolute atomic E-state index is 0.0320. The predicted molar refractivity (Wildman–Crippen MR) is 112 cm³/mol. The number of nitrogens with one attached hydrogen (secondary N) is 2. The summed E-state index contributed by atoms with van der Waals surface area (Å²) in [6.45, 7) is 2.43. The number of thiophene rings is 1. The molecule has 2 saturated carbocycles. The molecule has 5 rings (SSSR count). The van der Waals surface area contributed by atoms with E-state index in [1.54, 1.807) is 11.3 Å². The van der Waals surface area contributed by atoms with Crippen LogP contribution in [0.2, 0.25) is 0 Å². The average Bonchev–Trinajstić information content (AvgIpc) is 3.64. The summed E-state index contributed by atoms with van der Waals surface area (Å²) < 4.78 is 0. The highest BCUT2D eigenvalue weighted by atomic mass is 32.1. The lowest BCUT2D eigenvalue weighted by atomic mass is 9.85. The van der Waals surface area contributed by atoms with E-state index in [2.05, 4.69) is 10.6 Å². The first kappa shape index (κ1) is 19.1. The molecule has 6 nitrogen and oxygen atoms in total. The maximum Gasteiger partial charge on any atom is 0.254 e. The molecular formula is C22H29N3O3S. The Morgan fingerprint density at radius 1 is 1.00 bits per heavy atom. The van der Waals surface area contributed by atoms with Crippen LogP contribution in [0.15, 0.2) is 0 Å². The summed E-state index contributed by atoms with van der Waals surface area (Å²) in [7, 11) is 0. The van der Waals surface area contributed by atoms with E-state index in [4.69, 9.17) is 0 Å². The minimum Gasteiger partial charge on any atom is -0.352 e. The molecule has 2 N–H and O–H groups in total. The number of aryl methyl sites for hydroxylation is 1. The Labute approximate surface area is 175 Å². The summed E-state index contributed by atoms with van der Waals surface area (Å²) in [6.07, 6.45) is 8.68. The Balaban J connectivity index is 1.39. The second-order valence-corrected chi connectivity index (χ2v) is 10.2. The van der Waals surface area contributed by atoms with E-state index < -0.39 is 0 Å². The molecule has 0 radical (unpaired) electrons. The van der Waals surface area contributed by atoms with Gasteiger partial charge >= 0.3 is 0 Å². The number of fused-ring (bicyclic) bond motifs is 1. The third-order valence-electron chi connectivity index (χ3n) is 6.69. The molecular weight excluding hydrogens is 386 g/mol. The van der Waals surface area contributed by atoms with E-state index in [0.717, 1.165) is 62.1 Å². The van der Waals surface area contributed by atoms with Crippen LogP contribution in [0.1, 0.15) is 65.7 Å². The van der Waals surface area contributed by atoms with Crippen LogP contribution in [0.25, 0.3) is 0 Å². The summed E-state index contributed by atoms with van der Waals surface area (Å²) >= 11 is 1.54. The molecule has 1 aliphatic heterocycles. The monoisotopic (exact) mass is 415 g/mol. The summed E-state index contributed by atoms with van der Waals surface area (Å²) in [5.74, 6) is 0.840. The van der Waals surface area contributed by atoms with Crippen LogP contribution in [0, 0.1) is 17.8 Å². The van der Waals surface area contributed by atoms with Gasteiger partial charge in [0.05, 0.1) is 5.56 Å². The maximum absolute atomic E-state index is 13.1. The number of anilines is 1. The Morgan fingerprint density at radius 2 is 1.76 bits per heavy atom. The van der Waals surface area contributed by atoms with Crippen molar-refractivity contribution in [3.05, 3.63) is 16.0 Å². The van der Waals surface area contributed by atoms with Gasteiger partial charge < -0.3 is 15.5 Å². The molecule has 3 fully saturated rings. The van der Waals surface area contributed by atoms with Gasteiger partial charge in [0.15, 0.2) is 0 Å². The summed E-state index contributed by atoms with van der Waals surface area (Å²) in [5, 5.41) is 6.80. The normalized spacial score (nSPS) is 23.6. The van der Waals surface area contributed by atoms with Gasteiger partial charge in [0.25, 0.3) is 5.91 Å². The number of nitrogens with zero attached hydrogens (tertiary/aromatic N) is 1. The van der Waals surface area contributed by atoms with Gasteiger partial charge in [0.1, 0.15) is 5.00 Å². The number of carbonyl (C=O) groups is 3. The van der Waals surface area contributed by atoms with Gasteiger partial charge in [-0.05, 0) is 69.3 Å². The van der Waals surface area contributed by atoms with Crippen molar-refractivity contribution in [2.75, 3.05) is 25.0 Å². The van der Waals surface area contributed by atoms with Crippen LogP contribution in [-0.4, -0.2) is 42.3 Å². The highest BCUT2D eigenvalue weighted by Gasteiger charge is 2.36. The molecule has 1 aromatic rings. The molecule has 1 atom stereocenters. The highest BCUT2D eigenvalue weighted by molar-refractivity contribution is 7.17. The Bertz CT molecular complexity index is 835. The summed E-state index contributed by atoms with van der Waals surface area (Å²) in [6, 6.07) is 0. The zero-order valence-corrected chi connectivity index (χ0v) is 17.6. The van der Waals surface area contributed by atoms with Crippen molar-refractivity contribution >= 4 is 34.1 Å². The lowest BCUT2D eigenvalue weighted by Crippen LogP contribution is -2.37. The lowest BCUT2D eigenvalue weighted by molar-refractivity contribution is -0.134. The molecule has 0 aromatic carbocycles. The number of likely N-dealkylation sites (tertiary alicyclic amines) is 1. The van der Waals surface area contributed by atoms with Crippen molar-refractivity contribution in [3.63, 3.8) is 0 Å². The zero-order chi connectivity index (χ0) is 20.0. The van der Waals surface area contributed by atoms with E-state index in [0.29, 0.717) is 29.4 Å². The number of amides is 3. The number of carbonyl (C=O) groups excluding carboxylic acids is 3. The van der Waals surface area contributed by atoms with Crippen LogP contribution >= 0.6 is 11.3 Å². The third-order valence-corrected chi connectivity index (χ3v) is 7.90. The van der Waals surface area contributed by atoms with E-state index >= 15 is 0 Å². The second-order valence-electron chi connectivity index (χ2n) is 9.10. The maximum atomic E-state index is 13.1. The van der Waals surface area contributed by atoms with Gasteiger partial charge in [-0.25, -0.2) is 0 Å². The molecule has 0 spiro atoms. The number of hydrogen-bond acceptors (Lipinski definition) is 4. The molecule has 156 valence electrons. The van der Waals surface area contributed by atoms with E-state index in [-0.39, 0.29) is 29.6 Å². The summed E-state index contributed by atoms with van der Waals surface area (Å²) in [4.78, 5) is 41.6. The van der Waals surface area contributed by atoms with E-state index in [1.807, 2.05) is 4.90 Å². The van der Waals surface area contributed by atoms with E-state index in [1.165, 1.54) is 12.8 Å². The number of rotatable bonds is 6. The quantitative estimate of drug-likeness (QED) is 0.750. The first-order valence-corrected chi connectivity index (χ1v) is 11.9. The van der Waals surface area contributed by atoms with Crippen molar-refractivity contribution in [3.8, 4) is 0 Å². The highest BCUT2D eigenvalue weighted by Crippen LogP contribution is 2.41. The first-order valence-electron chi connectivity index (χ1n) is 11.1. The van der Waals surface area contributed by atoms with Gasteiger partial charge in [-0.3, -0.25) is 14.4 Å². The smallest absolute Gasteiger partial charge is 0.254 e. The average molecular weight is 416 g/mol. The predicted octanol–water partition coefficient (Wildman–Crippen LogP) is 2.96. The van der Waals surface area contributed by atoms with Crippen molar-refractivity contribution in [2.24, 2.45) is 17.8 Å². The first-order chi connectivity index (χ1) is 14.1. The lowest BCUT2D eigenvalue weighted by Gasteiger charge is -2.26. The van der Waals surface area contributed by atoms with Crippen LogP contribution < -0.4 is 10.6 Å². The topological polar surface area (TPSA) is 78.5 Å². The largest absolute Gasteiger partial charge is 0.352 e. The molecule has 1 aromatic heterocycles. The molecule has 1 unspecified atom stereocenters. The second kappa shape index (κ2) is 7.74. The van der Waals surface area contributed by atoms with Crippen molar-refractivity contribution in [2.45, 2.75) is 57.8 Å². The van der Waals surface area contributed by atoms with Crippen molar-refractivity contribution in [1.29, 1.82) is 0 Å². The van der Waals surface area contributed by atoms with Gasteiger partial charge in [0.2, 0.25) is 11.8 Å². The van der Waals surface area contributed by atoms with E-state index in [9.17, 15) is 14.4 Å². The van der Waals surface area contributed by atoms with Crippen molar-refractivity contribution in [1.82, 2.24) is 10.2 Å². The third kappa shape index (κ3) is 4.06. The molecule has 2 heterocycles. The fourth-order valence-corrected chi connectivity index (χ4v) is 5.77. The van der Waals surface area contributed by atoms with Crippen molar-refractivity contribution < 1.29 is 14.4 Å². The minimum atomic E-state index is -0.0882. The fraction of sp³-hybridized carbons (Fsp3) is 0.682. The van der Waals surface area contributed by atoms with Gasteiger partial charge in [0, 0.05) is 36.3 Å². The van der Waals surface area contributed by atoms with Crippen LogP contribution in [0.5, 0.6) is 0 Å². The molecule has 4 aliphatic rings. The SMILES string of the molecule is O=C(NCC1CC1)c1c(NC(=O)C2CC2)sc2c1CC(C(=O)N1CCCC1)CC2. The van der Waals surface area contributed by atoms with Gasteiger partial charge in [-0.15, -0.1) is 11.3 Å². The Morgan fingerprint density at radius 3 is 2.45 bits per heavy atom.